The molecule has 1 aromatic heterocycles. The first-order chi connectivity index (χ1) is 14.8. The quantitative estimate of drug-likeness (QED) is 0.434. The van der Waals surface area contributed by atoms with Crippen molar-refractivity contribution in [3.63, 3.8) is 0 Å². The molecular formula is C26H25BN2O2. The van der Waals surface area contributed by atoms with Crippen molar-refractivity contribution in [1.82, 2.24) is 9.97 Å². The van der Waals surface area contributed by atoms with Crippen LogP contribution in [0.5, 0.6) is 0 Å². The summed E-state index contributed by atoms with van der Waals surface area (Å²) in [6, 6.07) is 26.8. The van der Waals surface area contributed by atoms with E-state index < -0.39 is 18.3 Å². The molecule has 1 aliphatic heterocycles. The lowest BCUT2D eigenvalue weighted by Crippen LogP contribution is -2.41. The molecule has 4 nitrogen and oxygen atoms in total. The zero-order valence-electron chi connectivity index (χ0n) is 18.3. The molecule has 1 fully saturated rings. The van der Waals surface area contributed by atoms with E-state index in [4.69, 9.17) is 19.3 Å². The molecule has 0 aliphatic carbocycles. The monoisotopic (exact) mass is 408 g/mol. The van der Waals surface area contributed by atoms with E-state index in [1.165, 1.54) is 10.8 Å². The van der Waals surface area contributed by atoms with E-state index in [9.17, 15) is 0 Å². The van der Waals surface area contributed by atoms with Crippen LogP contribution in [0.4, 0.5) is 0 Å². The molecule has 0 atom stereocenters. The highest BCUT2D eigenvalue weighted by atomic mass is 16.7. The molecule has 1 saturated heterocycles. The van der Waals surface area contributed by atoms with E-state index in [1.54, 1.807) is 0 Å². The highest BCUT2D eigenvalue weighted by Crippen LogP contribution is 2.36. The van der Waals surface area contributed by atoms with Gasteiger partial charge in [0, 0.05) is 11.1 Å². The van der Waals surface area contributed by atoms with Crippen LogP contribution in [0.25, 0.3) is 33.4 Å². The third-order valence-corrected chi connectivity index (χ3v) is 6.32. The van der Waals surface area contributed by atoms with Crippen molar-refractivity contribution in [2.24, 2.45) is 0 Å². The zero-order valence-corrected chi connectivity index (χ0v) is 18.3. The SMILES string of the molecule is CC1(C)OB(c2cc(-c3ccc4ccccc4c3)nc(-c3ccccc3)n2)OC1(C)C. The van der Waals surface area contributed by atoms with Crippen LogP contribution in [0.2, 0.25) is 0 Å². The summed E-state index contributed by atoms with van der Waals surface area (Å²) in [4.78, 5) is 9.75. The zero-order chi connectivity index (χ0) is 21.6. The average molecular weight is 408 g/mol. The van der Waals surface area contributed by atoms with E-state index in [0.717, 1.165) is 22.4 Å². The Morgan fingerprint density at radius 3 is 2.00 bits per heavy atom. The Hall–Kier alpha value is -3.02. The minimum absolute atomic E-state index is 0.432. The second-order valence-electron chi connectivity index (χ2n) is 9.02. The van der Waals surface area contributed by atoms with E-state index >= 15 is 0 Å². The minimum Gasteiger partial charge on any atom is -0.398 e. The maximum absolute atomic E-state index is 6.29. The molecule has 5 heteroatoms. The van der Waals surface area contributed by atoms with Gasteiger partial charge in [0.15, 0.2) is 5.82 Å². The molecule has 3 aromatic carbocycles. The summed E-state index contributed by atoms with van der Waals surface area (Å²) in [5.41, 5.74) is 2.72. The molecule has 0 amide bonds. The fraction of sp³-hybridized carbons (Fsp3) is 0.231. The molecule has 2 heterocycles. The van der Waals surface area contributed by atoms with Crippen molar-refractivity contribution < 1.29 is 9.31 Å². The van der Waals surface area contributed by atoms with E-state index in [2.05, 4.69) is 70.2 Å². The van der Waals surface area contributed by atoms with Gasteiger partial charge in [0.05, 0.1) is 22.5 Å². The van der Waals surface area contributed by atoms with E-state index in [-0.39, 0.29) is 0 Å². The second-order valence-corrected chi connectivity index (χ2v) is 9.02. The smallest absolute Gasteiger partial charge is 0.398 e. The van der Waals surface area contributed by atoms with Crippen LogP contribution < -0.4 is 5.59 Å². The fourth-order valence-corrected chi connectivity index (χ4v) is 3.76. The maximum atomic E-state index is 6.29. The van der Waals surface area contributed by atoms with Crippen LogP contribution in [0.1, 0.15) is 27.7 Å². The molecule has 0 saturated carbocycles. The molecule has 0 N–H and O–H groups in total. The summed E-state index contributed by atoms with van der Waals surface area (Å²) in [5.74, 6) is 0.663. The molecule has 154 valence electrons. The lowest BCUT2D eigenvalue weighted by molar-refractivity contribution is 0.00578. The Morgan fingerprint density at radius 2 is 1.29 bits per heavy atom. The van der Waals surface area contributed by atoms with Gasteiger partial charge in [0.1, 0.15) is 0 Å². The van der Waals surface area contributed by atoms with Gasteiger partial charge in [-0.25, -0.2) is 9.97 Å². The largest absolute Gasteiger partial charge is 0.514 e. The van der Waals surface area contributed by atoms with Crippen LogP contribution in [0.3, 0.4) is 0 Å². The van der Waals surface area contributed by atoms with Crippen molar-refractivity contribution in [3.8, 4) is 22.6 Å². The first-order valence-electron chi connectivity index (χ1n) is 10.6. The summed E-state index contributed by atoms with van der Waals surface area (Å²) in [5, 5.41) is 2.38. The molecule has 0 bridgehead atoms. The van der Waals surface area contributed by atoms with Crippen molar-refractivity contribution in [2.75, 3.05) is 0 Å². The van der Waals surface area contributed by atoms with Gasteiger partial charge in [0.2, 0.25) is 0 Å². The molecular weight excluding hydrogens is 383 g/mol. The standard InChI is InChI=1S/C26H25BN2O2/c1-25(2)26(3,4)31-27(30-25)23-17-22(28-24(29-23)19-11-6-5-7-12-19)21-15-14-18-10-8-9-13-20(18)16-21/h5-17H,1-4H3. The predicted molar refractivity (Wildman–Crippen MR) is 126 cm³/mol. The lowest BCUT2D eigenvalue weighted by atomic mass is 9.83. The molecule has 0 radical (unpaired) electrons. The minimum atomic E-state index is -0.547. The molecule has 0 unspecified atom stereocenters. The van der Waals surface area contributed by atoms with E-state index in [1.807, 2.05) is 36.4 Å². The number of benzene rings is 3. The third-order valence-electron chi connectivity index (χ3n) is 6.32. The van der Waals surface area contributed by atoms with Gasteiger partial charge >= 0.3 is 7.12 Å². The molecule has 5 rings (SSSR count). The van der Waals surface area contributed by atoms with Crippen molar-refractivity contribution in [1.29, 1.82) is 0 Å². The first kappa shape index (κ1) is 19.9. The number of aromatic nitrogens is 2. The van der Waals surface area contributed by atoms with Crippen molar-refractivity contribution in [2.45, 2.75) is 38.9 Å². The Labute approximate surface area is 183 Å². The summed E-state index contributed by atoms with van der Waals surface area (Å²) in [6.07, 6.45) is 0. The highest BCUT2D eigenvalue weighted by Gasteiger charge is 2.52. The van der Waals surface area contributed by atoms with Crippen molar-refractivity contribution in [3.05, 3.63) is 78.9 Å². The van der Waals surface area contributed by atoms with Gasteiger partial charge in [-0.2, -0.15) is 0 Å². The van der Waals surface area contributed by atoms with Gasteiger partial charge in [-0.3, -0.25) is 0 Å². The Bertz CT molecular complexity index is 1240. The van der Waals surface area contributed by atoms with Crippen LogP contribution in [0.15, 0.2) is 78.9 Å². The Balaban J connectivity index is 1.65. The van der Waals surface area contributed by atoms with Crippen LogP contribution in [-0.2, 0) is 9.31 Å². The van der Waals surface area contributed by atoms with E-state index in [0.29, 0.717) is 5.82 Å². The van der Waals surface area contributed by atoms with Gasteiger partial charge in [-0.1, -0.05) is 66.7 Å². The van der Waals surface area contributed by atoms with Gasteiger partial charge < -0.3 is 9.31 Å². The summed E-state index contributed by atoms with van der Waals surface area (Å²) < 4.78 is 12.6. The first-order valence-corrected chi connectivity index (χ1v) is 10.6. The number of fused-ring (bicyclic) bond motifs is 1. The number of rotatable bonds is 3. The average Bonchev–Trinajstić information content (AvgIpc) is 3.00. The van der Waals surface area contributed by atoms with Crippen LogP contribution >= 0.6 is 0 Å². The Morgan fingerprint density at radius 1 is 0.645 bits per heavy atom. The van der Waals surface area contributed by atoms with Gasteiger partial charge in [-0.15, -0.1) is 0 Å². The lowest BCUT2D eigenvalue weighted by Gasteiger charge is -2.32. The molecule has 1 aliphatic rings. The number of hydrogen-bond donors (Lipinski definition) is 0. The molecule has 31 heavy (non-hydrogen) atoms. The highest BCUT2D eigenvalue weighted by molar-refractivity contribution is 6.61. The number of nitrogens with zero attached hydrogens (tertiary/aromatic N) is 2. The Kier molecular flexibility index (Phi) is 4.69. The molecule has 0 spiro atoms. The molecule has 4 aromatic rings. The predicted octanol–water partition coefficient (Wildman–Crippen LogP) is 5.26. The normalized spacial score (nSPS) is 17.2. The summed E-state index contributed by atoms with van der Waals surface area (Å²) >= 11 is 0. The van der Waals surface area contributed by atoms with Gasteiger partial charge in [-0.05, 0) is 50.6 Å². The summed E-state index contributed by atoms with van der Waals surface area (Å²) in [7, 11) is -0.547. The fourth-order valence-electron chi connectivity index (χ4n) is 3.76. The topological polar surface area (TPSA) is 44.2 Å². The second kappa shape index (κ2) is 7.29. The van der Waals surface area contributed by atoms with Crippen LogP contribution in [-0.4, -0.2) is 28.3 Å². The maximum Gasteiger partial charge on any atom is 0.514 e. The number of hydrogen-bond acceptors (Lipinski definition) is 4. The van der Waals surface area contributed by atoms with Crippen LogP contribution in [0, 0.1) is 0 Å². The third kappa shape index (κ3) is 3.64. The van der Waals surface area contributed by atoms with Gasteiger partial charge in [0.25, 0.3) is 0 Å². The summed E-state index contributed by atoms with van der Waals surface area (Å²) in [6.45, 7) is 8.21. The van der Waals surface area contributed by atoms with Crippen molar-refractivity contribution >= 4 is 23.5 Å².